The molecule has 426 valence electrons. The Bertz CT molecular complexity index is 5140. The van der Waals surface area contributed by atoms with E-state index in [0.717, 1.165) is 70.9 Å². The molecule has 0 saturated heterocycles. The lowest BCUT2D eigenvalue weighted by molar-refractivity contribution is 0.310. The maximum absolute atomic E-state index is 5.47. The summed E-state index contributed by atoms with van der Waals surface area (Å²) in [5.74, 6) is 3.98. The van der Waals surface area contributed by atoms with Crippen LogP contribution in [0.1, 0.15) is 102 Å². The van der Waals surface area contributed by atoms with Crippen LogP contribution in [-0.4, -0.2) is 29.9 Å². The van der Waals surface area contributed by atoms with Crippen molar-refractivity contribution in [1.29, 1.82) is 0 Å². The Hall–Kier alpha value is -9.78. The normalized spacial score (nSPS) is 16.8. The van der Waals surface area contributed by atoms with Gasteiger partial charge >= 0.3 is 0 Å². The average Bonchev–Trinajstić information content (AvgIpc) is 0.813. The Labute approximate surface area is 514 Å². The first-order chi connectivity index (χ1) is 42.7. The van der Waals surface area contributed by atoms with Gasteiger partial charge in [0.15, 0.2) is 34.9 Å². The van der Waals surface area contributed by atoms with Crippen molar-refractivity contribution in [3.63, 3.8) is 0 Å². The zero-order chi connectivity index (χ0) is 59.7. The fourth-order valence-corrected chi connectivity index (χ4v) is 15.1. The van der Waals surface area contributed by atoms with Crippen LogP contribution in [0.25, 0.3) is 133 Å². The summed E-state index contributed by atoms with van der Waals surface area (Å²) in [6.45, 7) is 16.8. The first kappa shape index (κ1) is 53.7. The SMILES string of the molecule is CC1(C)CCC(C)(C)c2cc(-c3nc(-c4ccccc4)nc(-c4cccc5c6cc(CC7(C)CCC(C)(C)c8ccc(-c9nc(-c%10ccccc%10)nc(-c%10ccc%11c%12ccccc%12c%12ccccc%12c%11c%10)n9)cc87)ccc6c6ccccc6c45)n3)ccc21. The molecule has 0 radical (unpaired) electrons. The van der Waals surface area contributed by atoms with E-state index in [-0.39, 0.29) is 21.7 Å². The van der Waals surface area contributed by atoms with Crippen LogP contribution in [0.2, 0.25) is 0 Å². The molecule has 0 bridgehead atoms. The van der Waals surface area contributed by atoms with Gasteiger partial charge in [0.1, 0.15) is 0 Å². The molecule has 0 N–H and O–H groups in total. The van der Waals surface area contributed by atoms with E-state index in [0.29, 0.717) is 34.9 Å². The zero-order valence-corrected chi connectivity index (χ0v) is 51.1. The van der Waals surface area contributed by atoms with E-state index in [4.69, 9.17) is 29.9 Å². The highest BCUT2D eigenvalue weighted by molar-refractivity contribution is 6.28. The molecular weight excluding hydrogens is 1070 g/mol. The van der Waals surface area contributed by atoms with E-state index >= 15 is 0 Å². The number of fused-ring (bicyclic) bond motifs is 14. The molecule has 88 heavy (non-hydrogen) atoms. The maximum Gasteiger partial charge on any atom is 0.164 e. The second-order valence-electron chi connectivity index (χ2n) is 27.3. The highest BCUT2D eigenvalue weighted by atomic mass is 15.0. The van der Waals surface area contributed by atoms with Crippen molar-refractivity contribution in [3.05, 3.63) is 252 Å². The Morgan fingerprint density at radius 2 is 0.625 bits per heavy atom. The van der Waals surface area contributed by atoms with E-state index in [9.17, 15) is 0 Å². The third kappa shape index (κ3) is 8.89. The molecule has 0 aliphatic heterocycles. The van der Waals surface area contributed by atoms with Gasteiger partial charge in [-0.15, -0.1) is 0 Å². The summed E-state index contributed by atoms with van der Waals surface area (Å²) in [5.41, 5.74) is 12.6. The van der Waals surface area contributed by atoms with Crippen LogP contribution < -0.4 is 0 Å². The first-order valence-corrected chi connectivity index (χ1v) is 31.3. The summed E-state index contributed by atoms with van der Waals surface area (Å²) in [5, 5.41) is 14.5. The van der Waals surface area contributed by atoms with Crippen molar-refractivity contribution in [3.8, 4) is 68.3 Å². The number of hydrogen-bond donors (Lipinski definition) is 0. The Kier molecular flexibility index (Phi) is 12.3. The second-order valence-corrected chi connectivity index (χ2v) is 27.3. The molecule has 14 aromatic rings. The van der Waals surface area contributed by atoms with Gasteiger partial charge in [0.05, 0.1) is 0 Å². The molecule has 0 amide bonds. The lowest BCUT2D eigenvalue weighted by atomic mass is 9.60. The topological polar surface area (TPSA) is 77.3 Å². The quantitative estimate of drug-likeness (QED) is 0.141. The highest BCUT2D eigenvalue weighted by Crippen LogP contribution is 2.51. The van der Waals surface area contributed by atoms with Crippen molar-refractivity contribution in [1.82, 2.24) is 29.9 Å². The van der Waals surface area contributed by atoms with Gasteiger partial charge in [-0.25, -0.2) is 29.9 Å². The summed E-state index contributed by atoms with van der Waals surface area (Å²) in [4.78, 5) is 32.1. The van der Waals surface area contributed by atoms with Gasteiger partial charge in [-0.2, -0.15) is 0 Å². The third-order valence-corrected chi connectivity index (χ3v) is 20.2. The van der Waals surface area contributed by atoms with Crippen molar-refractivity contribution in [2.75, 3.05) is 0 Å². The first-order valence-electron chi connectivity index (χ1n) is 31.3. The number of rotatable bonds is 8. The molecule has 2 aliphatic rings. The van der Waals surface area contributed by atoms with Crippen LogP contribution in [0.5, 0.6) is 0 Å². The Morgan fingerprint density at radius 1 is 0.261 bits per heavy atom. The van der Waals surface area contributed by atoms with Gasteiger partial charge in [-0.05, 0) is 159 Å². The molecule has 0 fully saturated rings. The zero-order valence-electron chi connectivity index (χ0n) is 51.1. The monoisotopic (exact) mass is 1140 g/mol. The van der Waals surface area contributed by atoms with E-state index in [1.807, 2.05) is 12.1 Å². The summed E-state index contributed by atoms with van der Waals surface area (Å²) in [7, 11) is 0. The molecule has 2 heterocycles. The average molecular weight is 1140 g/mol. The third-order valence-electron chi connectivity index (χ3n) is 20.2. The molecule has 2 aromatic heterocycles. The van der Waals surface area contributed by atoms with Gasteiger partial charge in [0, 0.05) is 38.8 Å². The fourth-order valence-electron chi connectivity index (χ4n) is 15.1. The van der Waals surface area contributed by atoms with Crippen LogP contribution in [0.3, 0.4) is 0 Å². The molecule has 6 heteroatoms. The van der Waals surface area contributed by atoms with Crippen molar-refractivity contribution in [2.45, 2.75) is 102 Å². The number of benzene rings is 12. The van der Waals surface area contributed by atoms with Crippen molar-refractivity contribution < 1.29 is 0 Å². The summed E-state index contributed by atoms with van der Waals surface area (Å²) in [6, 6.07) is 81.6. The largest absolute Gasteiger partial charge is 0.208 e. The van der Waals surface area contributed by atoms with Gasteiger partial charge in [0.2, 0.25) is 0 Å². The molecule has 16 rings (SSSR count). The van der Waals surface area contributed by atoms with Crippen LogP contribution >= 0.6 is 0 Å². The Morgan fingerprint density at radius 3 is 1.18 bits per heavy atom. The standard InChI is InChI=1S/C82H68N6/c1-79(2)41-42-81(5,6)70-47-54(35-39-68(70)79)77-85-74(52-23-12-9-13-24-52)87-78(88-77)65-32-20-31-64-66-45-50(33-37-61(66)59-28-18-19-30-63(59)72(64)65)49-82(7)44-43-80(3,4)69-40-36-55(48-71(69)82)76-84-73(51-21-10-8-11-22-51)83-75(86-76)53-34-38-62-58-27-15-14-25-56(58)57-26-16-17-29-60(57)67(62)46-53/h8-40,45-48H,41-44,49H2,1-7H3. The summed E-state index contributed by atoms with van der Waals surface area (Å²) >= 11 is 0. The van der Waals surface area contributed by atoms with Gasteiger partial charge in [-0.1, -0.05) is 255 Å². The van der Waals surface area contributed by atoms with Crippen LogP contribution in [0, 0.1) is 0 Å². The minimum atomic E-state index is -0.205. The number of aromatic nitrogens is 6. The molecule has 6 nitrogen and oxygen atoms in total. The van der Waals surface area contributed by atoms with Crippen molar-refractivity contribution in [2.24, 2.45) is 0 Å². The Balaban J connectivity index is 0.821. The molecule has 1 unspecified atom stereocenters. The minimum absolute atomic E-state index is 0.0253. The van der Waals surface area contributed by atoms with E-state index in [2.05, 4.69) is 261 Å². The van der Waals surface area contributed by atoms with Gasteiger partial charge < -0.3 is 0 Å². The van der Waals surface area contributed by atoms with Gasteiger partial charge in [-0.3, -0.25) is 0 Å². The van der Waals surface area contributed by atoms with Crippen LogP contribution in [0.4, 0.5) is 0 Å². The van der Waals surface area contributed by atoms with E-state index in [1.54, 1.807) is 0 Å². The van der Waals surface area contributed by atoms with Crippen LogP contribution in [0.15, 0.2) is 224 Å². The predicted molar refractivity (Wildman–Crippen MR) is 366 cm³/mol. The van der Waals surface area contributed by atoms with Crippen molar-refractivity contribution >= 4 is 64.6 Å². The summed E-state index contributed by atoms with van der Waals surface area (Å²) < 4.78 is 0. The number of hydrogen-bond acceptors (Lipinski definition) is 6. The molecule has 2 aliphatic carbocycles. The number of nitrogens with zero attached hydrogens (tertiary/aromatic N) is 6. The second kappa shape index (κ2) is 20.1. The predicted octanol–water partition coefficient (Wildman–Crippen LogP) is 20.9. The highest BCUT2D eigenvalue weighted by Gasteiger charge is 2.41. The fraction of sp³-hybridized carbons (Fsp3) is 0.195. The summed E-state index contributed by atoms with van der Waals surface area (Å²) in [6.07, 6.45) is 5.23. The van der Waals surface area contributed by atoms with Crippen LogP contribution in [-0.2, 0) is 28.1 Å². The molecule has 0 spiro atoms. The van der Waals surface area contributed by atoms with E-state index in [1.165, 1.54) is 87.1 Å². The lowest BCUT2D eigenvalue weighted by Crippen LogP contribution is -2.37. The molecule has 1 atom stereocenters. The molecular formula is C82H68N6. The van der Waals surface area contributed by atoms with Gasteiger partial charge in [0.25, 0.3) is 0 Å². The maximum atomic E-state index is 5.47. The minimum Gasteiger partial charge on any atom is -0.208 e. The molecule has 0 saturated carbocycles. The smallest absolute Gasteiger partial charge is 0.164 e. The molecule has 12 aromatic carbocycles. The van der Waals surface area contributed by atoms with E-state index < -0.39 is 0 Å². The lowest BCUT2D eigenvalue weighted by Gasteiger charge is -2.44.